The van der Waals surface area contributed by atoms with Gasteiger partial charge in [-0.05, 0) is 38.9 Å². The zero-order chi connectivity index (χ0) is 10.6. The summed E-state index contributed by atoms with van der Waals surface area (Å²) in [6.45, 7) is 0. The molecule has 0 saturated heterocycles. The topological polar surface area (TPSA) is 0 Å². The Hall–Kier alpha value is 1.14. The van der Waals surface area contributed by atoms with Gasteiger partial charge in [0.2, 0.25) is 0 Å². The van der Waals surface area contributed by atoms with E-state index in [1.165, 1.54) is 50.7 Å². The van der Waals surface area contributed by atoms with E-state index >= 15 is 0 Å². The molecule has 0 aromatic heterocycles. The molecule has 88 valence electrons. The van der Waals surface area contributed by atoms with E-state index in [1.807, 2.05) is 41.2 Å². The van der Waals surface area contributed by atoms with Crippen molar-refractivity contribution in [1.82, 2.24) is 0 Å². The number of rotatable bonds is 0. The first-order valence-electron chi connectivity index (χ1n) is 5.73. The fraction of sp³-hybridized carbons (Fsp3) is 0.818. The van der Waals surface area contributed by atoms with Gasteiger partial charge in [0.15, 0.2) is 0 Å². The average Bonchev–Trinajstić information content (AvgIpc) is 2.27. The lowest BCUT2D eigenvalue weighted by Crippen LogP contribution is -1.81. The molecule has 0 spiro atoms. The van der Waals surface area contributed by atoms with Crippen LogP contribution in [-0.2, 0) is 0 Å². The second kappa shape index (κ2) is 11.6. The third kappa shape index (κ3) is 10.0. The average molecular weight is 281 g/mol. The van der Waals surface area contributed by atoms with Gasteiger partial charge in [-0.25, -0.2) is 0 Å². The summed E-state index contributed by atoms with van der Waals surface area (Å²) in [5, 5.41) is 0. The second-order valence-corrected chi connectivity index (χ2v) is 9.79. The number of hydrogen-bond donors (Lipinski definition) is 0. The summed E-state index contributed by atoms with van der Waals surface area (Å²) in [4.78, 5) is 0. The standard InChI is InChI=1S/C11H20S4/c1-2-4-6-8-10-12-14-15-13-11-9-7-5-3-1/h6,8H,1-5,7,9-11H2/b8-6-. The van der Waals surface area contributed by atoms with E-state index < -0.39 is 0 Å². The Morgan fingerprint density at radius 2 is 1.40 bits per heavy atom. The minimum absolute atomic E-state index is 1.16. The van der Waals surface area contributed by atoms with Crippen LogP contribution < -0.4 is 0 Å². The summed E-state index contributed by atoms with van der Waals surface area (Å²) in [5.74, 6) is 2.49. The largest absolute Gasteiger partial charge is 0.0877 e. The molecule has 0 bridgehead atoms. The smallest absolute Gasteiger partial charge is 0.0226 e. The molecule has 1 aliphatic rings. The van der Waals surface area contributed by atoms with Crippen molar-refractivity contribution in [3.8, 4) is 0 Å². The first-order valence-corrected chi connectivity index (χ1v) is 10.9. The first kappa shape index (κ1) is 14.2. The lowest BCUT2D eigenvalue weighted by atomic mass is 10.1. The Kier molecular flexibility index (Phi) is 11.0. The van der Waals surface area contributed by atoms with Crippen molar-refractivity contribution < 1.29 is 0 Å². The second-order valence-electron chi connectivity index (χ2n) is 3.62. The van der Waals surface area contributed by atoms with E-state index in [0.29, 0.717) is 0 Å². The maximum Gasteiger partial charge on any atom is 0.0226 e. The molecule has 1 rings (SSSR count). The van der Waals surface area contributed by atoms with Gasteiger partial charge in [0.25, 0.3) is 0 Å². The van der Waals surface area contributed by atoms with Gasteiger partial charge >= 0.3 is 0 Å². The normalized spacial score (nSPS) is 25.1. The van der Waals surface area contributed by atoms with Crippen LogP contribution in [0, 0.1) is 0 Å². The van der Waals surface area contributed by atoms with Crippen molar-refractivity contribution in [2.75, 3.05) is 11.5 Å². The van der Waals surface area contributed by atoms with Crippen LogP contribution in [-0.4, -0.2) is 11.5 Å². The maximum absolute atomic E-state index is 2.35. The van der Waals surface area contributed by atoms with Crippen LogP contribution in [0.5, 0.6) is 0 Å². The molecule has 1 heterocycles. The maximum atomic E-state index is 2.35. The van der Waals surface area contributed by atoms with E-state index in [9.17, 15) is 0 Å². The summed E-state index contributed by atoms with van der Waals surface area (Å²) in [7, 11) is 7.85. The number of hydrogen-bond acceptors (Lipinski definition) is 4. The molecule has 15 heavy (non-hydrogen) atoms. The van der Waals surface area contributed by atoms with Crippen LogP contribution >= 0.6 is 41.2 Å². The molecular weight excluding hydrogens is 260 g/mol. The van der Waals surface area contributed by atoms with Crippen LogP contribution in [0.1, 0.15) is 44.9 Å². The first-order chi connectivity index (χ1) is 7.50. The predicted octanol–water partition coefficient (Wildman–Crippen LogP) is 5.96. The van der Waals surface area contributed by atoms with Crippen LogP contribution in [0.3, 0.4) is 0 Å². The van der Waals surface area contributed by atoms with Crippen molar-refractivity contribution >= 4 is 41.2 Å². The monoisotopic (exact) mass is 280 g/mol. The summed E-state index contributed by atoms with van der Waals surface area (Å²) < 4.78 is 0. The van der Waals surface area contributed by atoms with Crippen LogP contribution in [0.4, 0.5) is 0 Å². The molecule has 0 amide bonds. The predicted molar refractivity (Wildman–Crippen MR) is 81.6 cm³/mol. The van der Waals surface area contributed by atoms with Gasteiger partial charge in [-0.15, -0.1) is 0 Å². The molecule has 4 heteroatoms. The van der Waals surface area contributed by atoms with Gasteiger partial charge in [0.05, 0.1) is 0 Å². The van der Waals surface area contributed by atoms with Crippen molar-refractivity contribution in [2.45, 2.75) is 44.9 Å². The molecule has 0 nitrogen and oxygen atoms in total. The molecule has 0 fully saturated rings. The lowest BCUT2D eigenvalue weighted by Gasteiger charge is -2.00. The van der Waals surface area contributed by atoms with Crippen LogP contribution in [0.2, 0.25) is 0 Å². The van der Waals surface area contributed by atoms with Crippen LogP contribution in [0.15, 0.2) is 12.2 Å². The quantitative estimate of drug-likeness (QED) is 0.396. The minimum atomic E-state index is 1.16. The van der Waals surface area contributed by atoms with Gasteiger partial charge < -0.3 is 0 Å². The van der Waals surface area contributed by atoms with Gasteiger partial charge in [0, 0.05) is 11.5 Å². The third-order valence-electron chi connectivity index (χ3n) is 2.30. The van der Waals surface area contributed by atoms with E-state index in [1.54, 1.807) is 0 Å². The van der Waals surface area contributed by atoms with E-state index in [0.717, 1.165) is 5.75 Å². The van der Waals surface area contributed by atoms with Crippen molar-refractivity contribution in [3.05, 3.63) is 12.2 Å². The van der Waals surface area contributed by atoms with Gasteiger partial charge in [0.1, 0.15) is 0 Å². The van der Waals surface area contributed by atoms with Crippen molar-refractivity contribution in [2.24, 2.45) is 0 Å². The third-order valence-corrected chi connectivity index (χ3v) is 8.72. The minimum Gasteiger partial charge on any atom is -0.0877 e. The van der Waals surface area contributed by atoms with E-state index in [2.05, 4.69) is 12.2 Å². The highest BCUT2D eigenvalue weighted by Crippen LogP contribution is 2.43. The zero-order valence-corrected chi connectivity index (χ0v) is 12.4. The summed E-state index contributed by atoms with van der Waals surface area (Å²) in [6.07, 6.45) is 14.5. The summed E-state index contributed by atoms with van der Waals surface area (Å²) >= 11 is 0. The summed E-state index contributed by atoms with van der Waals surface area (Å²) in [6, 6.07) is 0. The van der Waals surface area contributed by atoms with Crippen LogP contribution in [0.25, 0.3) is 0 Å². The fourth-order valence-electron chi connectivity index (χ4n) is 1.46. The molecule has 0 aromatic carbocycles. The van der Waals surface area contributed by atoms with E-state index in [4.69, 9.17) is 0 Å². The summed E-state index contributed by atoms with van der Waals surface area (Å²) in [5.41, 5.74) is 0. The molecule has 0 aromatic rings. The highest BCUT2D eigenvalue weighted by Gasteiger charge is 1.95. The van der Waals surface area contributed by atoms with Gasteiger partial charge in [-0.3, -0.25) is 0 Å². The van der Waals surface area contributed by atoms with Crippen molar-refractivity contribution in [1.29, 1.82) is 0 Å². The Balaban J connectivity index is 2.08. The Bertz CT molecular complexity index is 143. The SMILES string of the molecule is C1=C\CSSSSCCCCCCCC/1. The number of allylic oxidation sites excluding steroid dienone is 1. The molecule has 0 radical (unpaired) electrons. The molecule has 0 saturated carbocycles. The van der Waals surface area contributed by atoms with E-state index in [-0.39, 0.29) is 0 Å². The van der Waals surface area contributed by atoms with Gasteiger partial charge in [-0.2, -0.15) is 0 Å². The zero-order valence-electron chi connectivity index (χ0n) is 9.15. The molecule has 0 N–H and O–H groups in total. The highest BCUT2D eigenvalue weighted by atomic mass is 33.7. The Labute approximate surface area is 109 Å². The molecule has 0 aliphatic carbocycles. The Morgan fingerprint density at radius 3 is 2.33 bits per heavy atom. The lowest BCUT2D eigenvalue weighted by molar-refractivity contribution is 0.613. The molecule has 1 aliphatic heterocycles. The fourth-order valence-corrected chi connectivity index (χ4v) is 7.33. The van der Waals surface area contributed by atoms with Gasteiger partial charge in [-0.1, -0.05) is 59.4 Å². The Morgan fingerprint density at radius 1 is 0.667 bits per heavy atom. The molecule has 0 atom stereocenters. The highest BCUT2D eigenvalue weighted by molar-refractivity contribution is 9.26. The molecule has 0 unspecified atom stereocenters. The van der Waals surface area contributed by atoms with Crippen molar-refractivity contribution in [3.63, 3.8) is 0 Å². The molecular formula is C11H20S4.